The van der Waals surface area contributed by atoms with Gasteiger partial charge in [-0.1, -0.05) is 194 Å². The van der Waals surface area contributed by atoms with Crippen molar-refractivity contribution in [2.24, 2.45) is 0 Å². The first kappa shape index (κ1) is 33.0. The summed E-state index contributed by atoms with van der Waals surface area (Å²) < 4.78 is 0. The van der Waals surface area contributed by atoms with Crippen molar-refractivity contribution >= 4 is 69.2 Å². The van der Waals surface area contributed by atoms with Gasteiger partial charge in [0.05, 0.1) is 0 Å². The fraction of sp³-hybridized carbons (Fsp3) is 0. The van der Waals surface area contributed by atoms with Crippen LogP contribution >= 0.6 is 15.8 Å². The van der Waals surface area contributed by atoms with Gasteiger partial charge >= 0.3 is 0 Å². The average molecular weight is 658 g/mol. The first-order valence-corrected chi connectivity index (χ1v) is 18.4. The molecule has 0 aromatic heterocycles. The van der Waals surface area contributed by atoms with E-state index in [0.29, 0.717) is 0 Å². The van der Waals surface area contributed by atoms with Gasteiger partial charge in [-0.15, -0.1) is 0 Å². The minimum absolute atomic E-state index is 0. The van der Waals surface area contributed by atoms with Crippen LogP contribution in [-0.2, 0) is 0 Å². The van der Waals surface area contributed by atoms with Crippen LogP contribution in [0.5, 0.6) is 0 Å². The van der Waals surface area contributed by atoms with E-state index in [1.54, 1.807) is 0 Å². The third-order valence-corrected chi connectivity index (χ3v) is 13.6. The summed E-state index contributed by atoms with van der Waals surface area (Å²) in [6, 6.07) is 71.8. The molecule has 0 aliphatic carbocycles. The molecule has 0 aliphatic heterocycles. The largest absolute Gasteiger partial charge is 0.412 e. The van der Waals surface area contributed by atoms with Crippen molar-refractivity contribution in [1.29, 1.82) is 0 Å². The van der Waals surface area contributed by atoms with Crippen LogP contribution in [0, 0.1) is 0 Å². The van der Waals surface area contributed by atoms with Gasteiger partial charge in [0.25, 0.3) is 0 Å². The van der Waals surface area contributed by atoms with Gasteiger partial charge < -0.3 is 11.6 Å². The summed E-state index contributed by atoms with van der Waals surface area (Å²) in [5.41, 5.74) is 2.70. The highest BCUT2D eigenvalue weighted by Gasteiger charge is 2.27. The van der Waals surface area contributed by atoms with E-state index in [4.69, 9.17) is 0 Å². The Bertz CT molecular complexity index is 2020. The predicted molar refractivity (Wildman–Crippen MR) is 213 cm³/mol. The molecule has 0 atom stereocenters. The van der Waals surface area contributed by atoms with E-state index >= 15 is 0 Å². The maximum atomic E-state index is 2.42. The van der Waals surface area contributed by atoms with E-state index in [2.05, 4.69) is 194 Å². The van der Waals surface area contributed by atoms with Gasteiger partial charge in [-0.3, -0.25) is 0 Å². The Morgan fingerprint density at radius 3 is 0.854 bits per heavy atom. The first-order chi connectivity index (χ1) is 22.9. The molecule has 0 saturated carbocycles. The Kier molecular flexibility index (Phi) is 10.2. The number of hydrogen-bond donors (Lipinski definition) is 1. The summed E-state index contributed by atoms with van der Waals surface area (Å²) in [7, 11) is -1.70. The quantitative estimate of drug-likeness (QED) is 0.172. The van der Waals surface area contributed by atoms with Crippen LogP contribution in [0.3, 0.4) is 0 Å². The lowest BCUT2D eigenvalue weighted by atomic mass is 9.93. The standard InChI is InChI=1S/C44H32P2.H3N.H2O/c1-5-19-35(20-6-1)45(36-21-7-2-8-22-36)41-31-29-33-17-13-15-27-39(33)43(41)44-40-28-16-14-18-34(40)30-32-42(44)46(37-23-9-3-10-24-37)38-25-11-4-12-26-38;;/h1-32H;1H3;1H2. The zero-order valence-electron chi connectivity index (χ0n) is 26.6. The maximum Gasteiger partial charge on any atom is -0.000884 e. The van der Waals surface area contributed by atoms with Crippen molar-refractivity contribution < 1.29 is 5.48 Å². The highest BCUT2D eigenvalue weighted by Crippen LogP contribution is 2.45. The van der Waals surface area contributed by atoms with Crippen LogP contribution in [-0.4, -0.2) is 5.48 Å². The summed E-state index contributed by atoms with van der Waals surface area (Å²) in [5, 5.41) is 13.3. The maximum absolute atomic E-state index is 2.42. The second-order valence-corrected chi connectivity index (χ2v) is 15.7. The van der Waals surface area contributed by atoms with E-state index in [1.165, 1.54) is 64.5 Å². The number of benzene rings is 8. The molecule has 4 heteroatoms. The Hall–Kier alpha value is -4.94. The molecule has 0 amide bonds. The summed E-state index contributed by atoms with van der Waals surface area (Å²) in [5.74, 6) is 0. The molecule has 0 aliphatic rings. The highest BCUT2D eigenvalue weighted by molar-refractivity contribution is 7.80. The molecule has 0 unspecified atom stereocenters. The SMILES string of the molecule is N.O.c1ccc(P(c2ccccc2)c2ccc3ccccc3c2-c2c(P(c3ccccc3)c3ccccc3)ccc3ccccc23)cc1. The molecule has 8 aromatic rings. The number of fused-ring (bicyclic) bond motifs is 2. The topological polar surface area (TPSA) is 66.5 Å². The van der Waals surface area contributed by atoms with Gasteiger partial charge in [0.1, 0.15) is 0 Å². The predicted octanol–water partition coefficient (Wildman–Crippen LogP) is 8.51. The van der Waals surface area contributed by atoms with Gasteiger partial charge in [0.2, 0.25) is 0 Å². The Morgan fingerprint density at radius 1 is 0.271 bits per heavy atom. The third-order valence-electron chi connectivity index (χ3n) is 8.60. The fourth-order valence-corrected chi connectivity index (χ4v) is 11.5. The monoisotopic (exact) mass is 657 g/mol. The fourth-order valence-electron chi connectivity index (χ4n) is 6.58. The van der Waals surface area contributed by atoms with Crippen molar-refractivity contribution in [3.05, 3.63) is 194 Å². The molecule has 5 N–H and O–H groups in total. The number of rotatable bonds is 7. The molecule has 0 fully saturated rings. The van der Waals surface area contributed by atoms with E-state index in [0.717, 1.165) is 0 Å². The second-order valence-electron chi connectivity index (χ2n) is 11.4. The van der Waals surface area contributed by atoms with Gasteiger partial charge in [-0.2, -0.15) is 0 Å². The van der Waals surface area contributed by atoms with E-state index < -0.39 is 15.8 Å². The summed E-state index contributed by atoms with van der Waals surface area (Å²) in [4.78, 5) is 0. The van der Waals surface area contributed by atoms with Crippen LogP contribution < -0.4 is 38.0 Å². The molecule has 48 heavy (non-hydrogen) atoms. The number of hydrogen-bond acceptors (Lipinski definition) is 1. The Morgan fingerprint density at radius 2 is 0.542 bits per heavy atom. The van der Waals surface area contributed by atoms with Crippen molar-refractivity contribution in [3.63, 3.8) is 0 Å². The Balaban J connectivity index is 0.00000201. The lowest BCUT2D eigenvalue weighted by Gasteiger charge is -2.28. The normalized spacial score (nSPS) is 11.0. The molecule has 0 radical (unpaired) electrons. The summed E-state index contributed by atoms with van der Waals surface area (Å²) in [6.07, 6.45) is 0. The van der Waals surface area contributed by atoms with E-state index in [1.807, 2.05) is 0 Å². The van der Waals surface area contributed by atoms with Crippen LogP contribution in [0.1, 0.15) is 0 Å². The van der Waals surface area contributed by atoms with Gasteiger partial charge in [0, 0.05) is 0 Å². The molecule has 0 saturated heterocycles. The van der Waals surface area contributed by atoms with Crippen LogP contribution in [0.15, 0.2) is 194 Å². The smallest absolute Gasteiger partial charge is 0.000884 e. The molecule has 0 heterocycles. The molecule has 8 aromatic carbocycles. The van der Waals surface area contributed by atoms with E-state index in [-0.39, 0.29) is 11.6 Å². The van der Waals surface area contributed by atoms with Crippen LogP contribution in [0.25, 0.3) is 32.7 Å². The molecular formula is C44H37NOP2. The molecule has 8 rings (SSSR count). The average Bonchev–Trinajstić information content (AvgIpc) is 3.14. The molecular weight excluding hydrogens is 620 g/mol. The summed E-state index contributed by atoms with van der Waals surface area (Å²) >= 11 is 0. The molecule has 0 bridgehead atoms. The van der Waals surface area contributed by atoms with Crippen LogP contribution in [0.4, 0.5) is 0 Å². The van der Waals surface area contributed by atoms with E-state index in [9.17, 15) is 0 Å². The van der Waals surface area contributed by atoms with Crippen molar-refractivity contribution in [3.8, 4) is 11.1 Å². The van der Waals surface area contributed by atoms with Crippen molar-refractivity contribution in [2.75, 3.05) is 0 Å². The molecule has 0 spiro atoms. The van der Waals surface area contributed by atoms with Gasteiger partial charge in [0.15, 0.2) is 0 Å². The molecule has 2 nitrogen and oxygen atoms in total. The zero-order chi connectivity index (χ0) is 30.7. The highest BCUT2D eigenvalue weighted by atomic mass is 31.1. The minimum Gasteiger partial charge on any atom is -0.412 e. The van der Waals surface area contributed by atoms with Crippen molar-refractivity contribution in [1.82, 2.24) is 6.15 Å². The van der Waals surface area contributed by atoms with Crippen LogP contribution in [0.2, 0.25) is 0 Å². The van der Waals surface area contributed by atoms with Gasteiger partial charge in [-0.05, 0) is 80.3 Å². The van der Waals surface area contributed by atoms with Gasteiger partial charge in [-0.25, -0.2) is 0 Å². The summed E-state index contributed by atoms with van der Waals surface area (Å²) in [6.45, 7) is 0. The van der Waals surface area contributed by atoms with Crippen molar-refractivity contribution in [2.45, 2.75) is 0 Å². The lowest BCUT2D eigenvalue weighted by molar-refractivity contribution is 0.824. The minimum atomic E-state index is -0.852. The lowest BCUT2D eigenvalue weighted by Crippen LogP contribution is -2.26. The molecule has 234 valence electrons. The second kappa shape index (κ2) is 14.9. The first-order valence-electron chi connectivity index (χ1n) is 15.7. The Labute approximate surface area is 285 Å². The third kappa shape index (κ3) is 6.20. The zero-order valence-corrected chi connectivity index (χ0v) is 28.4.